The van der Waals surface area contributed by atoms with Crippen LogP contribution in [-0.2, 0) is 9.47 Å². The fraction of sp³-hybridized carbons (Fsp3) is 0.500. The first kappa shape index (κ1) is 16.2. The lowest BCUT2D eigenvalue weighted by Gasteiger charge is -2.26. The van der Waals surface area contributed by atoms with Gasteiger partial charge in [0.05, 0.1) is 25.9 Å². The van der Waals surface area contributed by atoms with Crippen molar-refractivity contribution in [3.8, 4) is 11.4 Å². The highest BCUT2D eigenvalue weighted by atomic mass is 16.5. The molecule has 0 spiro atoms. The van der Waals surface area contributed by atoms with Crippen molar-refractivity contribution in [2.45, 2.75) is 19.4 Å². The summed E-state index contributed by atoms with van der Waals surface area (Å²) in [5.41, 5.74) is 1.66. The smallest absolute Gasteiger partial charge is 0.254 e. The number of aromatic nitrogens is 3. The van der Waals surface area contributed by atoms with Gasteiger partial charge in [-0.15, -0.1) is 0 Å². The summed E-state index contributed by atoms with van der Waals surface area (Å²) in [6.07, 6.45) is 0.948. The predicted octanol–water partition coefficient (Wildman–Crippen LogP) is 1.69. The van der Waals surface area contributed by atoms with Gasteiger partial charge >= 0.3 is 0 Å². The van der Waals surface area contributed by atoms with Gasteiger partial charge in [0.2, 0.25) is 0 Å². The molecule has 1 aromatic carbocycles. The maximum Gasteiger partial charge on any atom is 0.254 e. The fourth-order valence-electron chi connectivity index (χ4n) is 3.31. The second-order valence-electron chi connectivity index (χ2n) is 6.43. The predicted molar refractivity (Wildman–Crippen MR) is 91.4 cm³/mol. The average Bonchev–Trinajstić information content (AvgIpc) is 3.31. The third kappa shape index (κ3) is 3.29. The number of ether oxygens (including phenoxy) is 2. The molecule has 2 fully saturated rings. The van der Waals surface area contributed by atoms with Crippen molar-refractivity contribution in [1.29, 1.82) is 0 Å². The maximum absolute atomic E-state index is 12.5. The van der Waals surface area contributed by atoms with Gasteiger partial charge in [0.15, 0.2) is 5.82 Å². The van der Waals surface area contributed by atoms with Gasteiger partial charge in [0, 0.05) is 30.8 Å². The van der Waals surface area contributed by atoms with Crippen molar-refractivity contribution >= 4 is 5.91 Å². The van der Waals surface area contributed by atoms with Crippen molar-refractivity contribution in [3.05, 3.63) is 35.7 Å². The Labute approximate surface area is 146 Å². The number of aryl methyl sites for hydroxylation is 1. The number of hydrogen-bond donors (Lipinski definition) is 0. The van der Waals surface area contributed by atoms with E-state index in [-0.39, 0.29) is 11.9 Å². The third-order valence-electron chi connectivity index (χ3n) is 4.68. The molecule has 0 radical (unpaired) electrons. The molecule has 1 amide bonds. The first-order chi connectivity index (χ1) is 12.2. The number of benzene rings is 1. The summed E-state index contributed by atoms with van der Waals surface area (Å²) in [4.78, 5) is 19.0. The normalized spacial score (nSPS) is 20.8. The Morgan fingerprint density at radius 2 is 1.88 bits per heavy atom. The van der Waals surface area contributed by atoms with E-state index in [0.29, 0.717) is 38.5 Å². The highest BCUT2D eigenvalue weighted by Gasteiger charge is 2.23. The summed E-state index contributed by atoms with van der Waals surface area (Å²) in [5, 5.41) is 4.54. The molecule has 0 N–H and O–H groups in total. The summed E-state index contributed by atoms with van der Waals surface area (Å²) in [6, 6.07) is 7.86. The molecule has 2 aliphatic rings. The standard InChI is InChI=1S/C18H22N4O3/c1-13-19-17(22(20-13)16-6-9-25-12-16)14-2-4-15(5-3-14)18(23)21-7-10-24-11-8-21/h2-5,16H,6-12H2,1H3. The Kier molecular flexibility index (Phi) is 4.50. The highest BCUT2D eigenvalue weighted by molar-refractivity contribution is 5.94. The molecule has 7 heteroatoms. The number of amides is 1. The van der Waals surface area contributed by atoms with Crippen molar-refractivity contribution < 1.29 is 14.3 Å². The van der Waals surface area contributed by atoms with Crippen molar-refractivity contribution in [2.24, 2.45) is 0 Å². The zero-order valence-corrected chi connectivity index (χ0v) is 14.4. The largest absolute Gasteiger partial charge is 0.379 e. The van der Waals surface area contributed by atoms with E-state index in [2.05, 4.69) is 10.1 Å². The van der Waals surface area contributed by atoms with Gasteiger partial charge in [0.25, 0.3) is 5.91 Å². The molecule has 1 aromatic heterocycles. The molecule has 0 aliphatic carbocycles. The Bertz CT molecular complexity index is 744. The van der Waals surface area contributed by atoms with E-state index < -0.39 is 0 Å². The van der Waals surface area contributed by atoms with Crippen LogP contribution in [0.2, 0.25) is 0 Å². The van der Waals surface area contributed by atoms with Crippen LogP contribution in [0, 0.1) is 6.92 Å². The fourth-order valence-corrected chi connectivity index (χ4v) is 3.31. The summed E-state index contributed by atoms with van der Waals surface area (Å²) in [6.45, 7) is 5.84. The van der Waals surface area contributed by atoms with E-state index in [1.807, 2.05) is 40.8 Å². The van der Waals surface area contributed by atoms with Gasteiger partial charge < -0.3 is 14.4 Å². The van der Waals surface area contributed by atoms with Gasteiger partial charge in [-0.25, -0.2) is 9.67 Å². The molecule has 2 aliphatic heterocycles. The number of morpholine rings is 1. The number of rotatable bonds is 3. The van der Waals surface area contributed by atoms with E-state index in [1.165, 1.54) is 0 Å². The van der Waals surface area contributed by atoms with Crippen molar-refractivity contribution in [1.82, 2.24) is 19.7 Å². The van der Waals surface area contributed by atoms with Crippen LogP contribution in [0.5, 0.6) is 0 Å². The second-order valence-corrected chi connectivity index (χ2v) is 6.43. The lowest BCUT2D eigenvalue weighted by atomic mass is 10.1. The van der Waals surface area contributed by atoms with E-state index in [4.69, 9.17) is 9.47 Å². The number of nitrogens with zero attached hydrogens (tertiary/aromatic N) is 4. The van der Waals surface area contributed by atoms with Gasteiger partial charge in [0.1, 0.15) is 5.82 Å². The minimum atomic E-state index is 0.0525. The molecular formula is C18H22N4O3. The monoisotopic (exact) mass is 342 g/mol. The van der Waals surface area contributed by atoms with Gasteiger partial charge in [-0.05, 0) is 25.5 Å². The topological polar surface area (TPSA) is 69.5 Å². The quantitative estimate of drug-likeness (QED) is 0.849. The Hall–Kier alpha value is -2.25. The van der Waals surface area contributed by atoms with Crippen molar-refractivity contribution in [2.75, 3.05) is 39.5 Å². The van der Waals surface area contributed by atoms with E-state index in [1.54, 1.807) is 0 Å². The van der Waals surface area contributed by atoms with Gasteiger partial charge in [-0.2, -0.15) is 5.10 Å². The Morgan fingerprint density at radius 3 is 2.56 bits per heavy atom. The van der Waals surface area contributed by atoms with Gasteiger partial charge in [-0.3, -0.25) is 4.79 Å². The molecule has 2 saturated heterocycles. The van der Waals surface area contributed by atoms with Crippen LogP contribution < -0.4 is 0 Å². The molecule has 0 saturated carbocycles. The van der Waals surface area contributed by atoms with Crippen LogP contribution in [0.3, 0.4) is 0 Å². The van der Waals surface area contributed by atoms with E-state index in [0.717, 1.165) is 30.2 Å². The van der Waals surface area contributed by atoms with Crippen molar-refractivity contribution in [3.63, 3.8) is 0 Å². The molecule has 0 bridgehead atoms. The highest BCUT2D eigenvalue weighted by Crippen LogP contribution is 2.26. The van der Waals surface area contributed by atoms with Crippen LogP contribution in [0.25, 0.3) is 11.4 Å². The molecule has 132 valence electrons. The molecule has 3 heterocycles. The van der Waals surface area contributed by atoms with Gasteiger partial charge in [-0.1, -0.05) is 12.1 Å². The molecule has 1 unspecified atom stereocenters. The minimum absolute atomic E-state index is 0.0525. The number of hydrogen-bond acceptors (Lipinski definition) is 5. The Balaban J connectivity index is 1.57. The molecule has 4 rings (SSSR count). The summed E-state index contributed by atoms with van der Waals surface area (Å²) < 4.78 is 12.7. The lowest BCUT2D eigenvalue weighted by molar-refractivity contribution is 0.0303. The summed E-state index contributed by atoms with van der Waals surface area (Å²) in [7, 11) is 0. The molecule has 7 nitrogen and oxygen atoms in total. The number of carbonyl (C=O) groups excluding carboxylic acids is 1. The number of carbonyl (C=O) groups is 1. The first-order valence-corrected chi connectivity index (χ1v) is 8.71. The van der Waals surface area contributed by atoms with Crippen LogP contribution in [0.1, 0.15) is 28.6 Å². The molecular weight excluding hydrogens is 320 g/mol. The first-order valence-electron chi connectivity index (χ1n) is 8.71. The second kappa shape index (κ2) is 6.93. The van der Waals surface area contributed by atoms with Crippen LogP contribution >= 0.6 is 0 Å². The minimum Gasteiger partial charge on any atom is -0.379 e. The Morgan fingerprint density at radius 1 is 1.12 bits per heavy atom. The third-order valence-corrected chi connectivity index (χ3v) is 4.68. The summed E-state index contributed by atoms with van der Waals surface area (Å²) in [5.74, 6) is 1.63. The summed E-state index contributed by atoms with van der Waals surface area (Å²) >= 11 is 0. The van der Waals surface area contributed by atoms with E-state index in [9.17, 15) is 4.79 Å². The van der Waals surface area contributed by atoms with Crippen LogP contribution in [0.4, 0.5) is 0 Å². The zero-order chi connectivity index (χ0) is 17.2. The SMILES string of the molecule is Cc1nc(-c2ccc(C(=O)N3CCOCC3)cc2)n(C2CCOC2)n1. The molecule has 2 aromatic rings. The van der Waals surface area contributed by atoms with Crippen LogP contribution in [0.15, 0.2) is 24.3 Å². The average molecular weight is 342 g/mol. The maximum atomic E-state index is 12.5. The van der Waals surface area contributed by atoms with Crippen LogP contribution in [-0.4, -0.2) is 65.1 Å². The molecule has 25 heavy (non-hydrogen) atoms. The molecule has 1 atom stereocenters. The lowest BCUT2D eigenvalue weighted by Crippen LogP contribution is -2.40. The van der Waals surface area contributed by atoms with E-state index >= 15 is 0 Å². The zero-order valence-electron chi connectivity index (χ0n) is 14.4.